The van der Waals surface area contributed by atoms with Gasteiger partial charge in [-0.25, -0.2) is 0 Å². The van der Waals surface area contributed by atoms with Crippen LogP contribution in [0, 0.1) is 6.92 Å². The zero-order valence-electron chi connectivity index (χ0n) is 16.7. The van der Waals surface area contributed by atoms with Crippen molar-refractivity contribution in [3.8, 4) is 0 Å². The second kappa shape index (κ2) is 8.25. The molecule has 2 aromatic carbocycles. The van der Waals surface area contributed by atoms with Crippen LogP contribution >= 0.6 is 11.8 Å². The number of nitrogens with one attached hydrogen (secondary N) is 1. The van der Waals surface area contributed by atoms with E-state index in [-0.39, 0.29) is 17.0 Å². The minimum atomic E-state index is -0.326. The molecule has 0 aliphatic heterocycles. The molecule has 1 N–H and O–H groups in total. The first kappa shape index (κ1) is 19.5. The van der Waals surface area contributed by atoms with E-state index in [4.69, 9.17) is 4.42 Å². The lowest BCUT2D eigenvalue weighted by Gasteiger charge is -2.09. The number of thioether (sulfide) groups is 1. The number of H-pyrrole nitrogens is 1. The molecule has 5 nitrogen and oxygen atoms in total. The molecule has 0 saturated carbocycles. The predicted octanol–water partition coefficient (Wildman–Crippen LogP) is 5.57. The largest absolute Gasteiger partial charge is 0.416 e. The molecule has 2 unspecified atom stereocenters. The van der Waals surface area contributed by atoms with Crippen molar-refractivity contribution in [3.63, 3.8) is 0 Å². The summed E-state index contributed by atoms with van der Waals surface area (Å²) in [7, 11) is 0. The van der Waals surface area contributed by atoms with Crippen molar-refractivity contribution in [1.82, 2.24) is 15.2 Å². The van der Waals surface area contributed by atoms with Crippen molar-refractivity contribution in [2.75, 3.05) is 0 Å². The zero-order chi connectivity index (χ0) is 20.4. The van der Waals surface area contributed by atoms with Crippen molar-refractivity contribution in [2.24, 2.45) is 0 Å². The van der Waals surface area contributed by atoms with Crippen LogP contribution < -0.4 is 0 Å². The summed E-state index contributed by atoms with van der Waals surface area (Å²) in [6.45, 7) is 5.95. The van der Waals surface area contributed by atoms with E-state index >= 15 is 0 Å². The van der Waals surface area contributed by atoms with Crippen LogP contribution in [0.25, 0.3) is 10.9 Å². The highest BCUT2D eigenvalue weighted by atomic mass is 32.2. The standard InChI is InChI=1S/C23H23N3O2S/c1-14(17-9-5-4-6-10-17)13-20-25-26-23(28-20)29-16(3)22(27)21-15(2)24-19-12-8-7-11-18(19)21/h4-12,14,16,24H,13H2,1-3H3. The van der Waals surface area contributed by atoms with Crippen LogP contribution in [-0.2, 0) is 6.42 Å². The molecule has 148 valence electrons. The highest BCUT2D eigenvalue weighted by molar-refractivity contribution is 8.00. The van der Waals surface area contributed by atoms with Gasteiger partial charge >= 0.3 is 0 Å². The van der Waals surface area contributed by atoms with Crippen LogP contribution in [0.15, 0.2) is 64.2 Å². The molecule has 0 spiro atoms. The van der Waals surface area contributed by atoms with Gasteiger partial charge in [0, 0.05) is 28.6 Å². The Morgan fingerprint density at radius 2 is 1.79 bits per heavy atom. The SMILES string of the molecule is Cc1[nH]c2ccccc2c1C(=O)C(C)Sc1nnc(CC(C)c2ccccc2)o1. The maximum atomic E-state index is 13.1. The number of aromatic nitrogens is 3. The number of hydrogen-bond acceptors (Lipinski definition) is 5. The van der Waals surface area contributed by atoms with Gasteiger partial charge < -0.3 is 9.40 Å². The summed E-state index contributed by atoms with van der Waals surface area (Å²) in [5.74, 6) is 0.927. The van der Waals surface area contributed by atoms with E-state index in [1.807, 2.05) is 56.3 Å². The minimum Gasteiger partial charge on any atom is -0.416 e. The van der Waals surface area contributed by atoms with Crippen molar-refractivity contribution in [2.45, 2.75) is 43.6 Å². The predicted molar refractivity (Wildman–Crippen MR) is 116 cm³/mol. The molecule has 2 atom stereocenters. The highest BCUT2D eigenvalue weighted by Crippen LogP contribution is 2.30. The van der Waals surface area contributed by atoms with Gasteiger partial charge in [0.05, 0.1) is 5.25 Å². The molecule has 0 aliphatic carbocycles. The average molecular weight is 406 g/mol. The molecule has 0 radical (unpaired) electrons. The summed E-state index contributed by atoms with van der Waals surface area (Å²) in [6.07, 6.45) is 0.668. The number of benzene rings is 2. The average Bonchev–Trinajstić information content (AvgIpc) is 3.30. The quantitative estimate of drug-likeness (QED) is 0.321. The van der Waals surface area contributed by atoms with Crippen LogP contribution in [0.2, 0.25) is 0 Å². The van der Waals surface area contributed by atoms with Crippen LogP contribution in [0.5, 0.6) is 0 Å². The summed E-state index contributed by atoms with van der Waals surface area (Å²) in [6, 6.07) is 18.1. The zero-order valence-corrected chi connectivity index (χ0v) is 17.5. The molecule has 2 aromatic heterocycles. The number of carbonyl (C=O) groups excluding carboxylic acids is 1. The fourth-order valence-electron chi connectivity index (χ4n) is 3.53. The molecule has 0 saturated heterocycles. The van der Waals surface area contributed by atoms with E-state index in [0.717, 1.165) is 22.2 Å². The second-order valence-electron chi connectivity index (χ2n) is 7.27. The lowest BCUT2D eigenvalue weighted by molar-refractivity contribution is 0.0994. The third-order valence-electron chi connectivity index (χ3n) is 5.08. The molecule has 4 aromatic rings. The van der Waals surface area contributed by atoms with Gasteiger partial charge in [-0.2, -0.15) is 0 Å². The Kier molecular flexibility index (Phi) is 5.53. The Morgan fingerprint density at radius 3 is 2.59 bits per heavy atom. The highest BCUT2D eigenvalue weighted by Gasteiger charge is 2.24. The Hall–Kier alpha value is -2.86. The van der Waals surface area contributed by atoms with Gasteiger partial charge in [0.2, 0.25) is 5.89 Å². The number of ketones is 1. The van der Waals surface area contributed by atoms with Crippen LogP contribution in [-0.4, -0.2) is 26.2 Å². The van der Waals surface area contributed by atoms with E-state index < -0.39 is 0 Å². The molecule has 4 rings (SSSR count). The molecule has 2 heterocycles. The number of aromatic amines is 1. The monoisotopic (exact) mass is 405 g/mol. The molecule has 6 heteroatoms. The van der Waals surface area contributed by atoms with Crippen LogP contribution in [0.3, 0.4) is 0 Å². The smallest absolute Gasteiger partial charge is 0.277 e. The number of fused-ring (bicyclic) bond motifs is 1. The Balaban J connectivity index is 1.45. The number of hydrogen-bond donors (Lipinski definition) is 1. The molecular weight excluding hydrogens is 382 g/mol. The van der Waals surface area contributed by atoms with Crippen LogP contribution in [0.4, 0.5) is 0 Å². The molecule has 0 bridgehead atoms. The topological polar surface area (TPSA) is 71.8 Å². The third kappa shape index (κ3) is 4.12. The second-order valence-corrected chi connectivity index (χ2v) is 8.56. The van der Waals surface area contributed by atoms with Crippen molar-refractivity contribution in [3.05, 3.63) is 77.3 Å². The van der Waals surface area contributed by atoms with E-state index in [1.54, 1.807) is 0 Å². The fraction of sp³-hybridized carbons (Fsp3) is 0.261. The molecule has 0 aliphatic rings. The van der Waals surface area contributed by atoms with Crippen molar-refractivity contribution >= 4 is 28.4 Å². The van der Waals surface area contributed by atoms with Gasteiger partial charge in [-0.3, -0.25) is 4.79 Å². The molecule has 29 heavy (non-hydrogen) atoms. The lowest BCUT2D eigenvalue weighted by atomic mass is 9.98. The Morgan fingerprint density at radius 1 is 1.07 bits per heavy atom. The first-order valence-corrected chi connectivity index (χ1v) is 10.6. The number of aryl methyl sites for hydroxylation is 1. The lowest BCUT2D eigenvalue weighted by Crippen LogP contribution is -2.14. The number of para-hydroxylation sites is 1. The van der Waals surface area contributed by atoms with Crippen molar-refractivity contribution in [1.29, 1.82) is 0 Å². The van der Waals surface area contributed by atoms with Gasteiger partial charge in [0.15, 0.2) is 5.78 Å². The summed E-state index contributed by atoms with van der Waals surface area (Å²) in [5.41, 5.74) is 3.82. The Labute approximate surface area is 173 Å². The van der Waals surface area contributed by atoms with E-state index in [9.17, 15) is 4.79 Å². The summed E-state index contributed by atoms with van der Waals surface area (Å²) >= 11 is 1.31. The van der Waals surface area contributed by atoms with E-state index in [2.05, 4.69) is 34.2 Å². The number of Topliss-reactive ketones (excluding diaryl/α,β-unsaturated/α-hetero) is 1. The third-order valence-corrected chi connectivity index (χ3v) is 6.02. The molecule has 0 fully saturated rings. The van der Waals surface area contributed by atoms with Gasteiger partial charge in [-0.1, -0.05) is 67.2 Å². The van der Waals surface area contributed by atoms with E-state index in [1.165, 1.54) is 17.3 Å². The first-order valence-electron chi connectivity index (χ1n) is 9.68. The van der Waals surface area contributed by atoms with Crippen molar-refractivity contribution < 1.29 is 9.21 Å². The molecule has 0 amide bonds. The normalized spacial score (nSPS) is 13.5. The maximum absolute atomic E-state index is 13.1. The first-order chi connectivity index (χ1) is 14.0. The Bertz CT molecular complexity index is 1130. The fourth-order valence-corrected chi connectivity index (χ4v) is 4.29. The maximum Gasteiger partial charge on any atom is 0.277 e. The summed E-state index contributed by atoms with van der Waals surface area (Å²) in [4.78, 5) is 16.4. The summed E-state index contributed by atoms with van der Waals surface area (Å²) in [5, 5.41) is 9.36. The van der Waals surface area contributed by atoms with Gasteiger partial charge in [-0.05, 0) is 31.4 Å². The number of rotatable bonds is 7. The van der Waals surface area contributed by atoms with Crippen LogP contribution in [0.1, 0.15) is 47.3 Å². The summed E-state index contributed by atoms with van der Waals surface area (Å²) < 4.78 is 5.81. The number of carbonyl (C=O) groups is 1. The van der Waals surface area contributed by atoms with Gasteiger partial charge in [0.1, 0.15) is 0 Å². The minimum absolute atomic E-state index is 0.0577. The molecular formula is C23H23N3O2S. The van der Waals surface area contributed by atoms with E-state index in [0.29, 0.717) is 17.5 Å². The van der Waals surface area contributed by atoms with Gasteiger partial charge in [0.25, 0.3) is 5.22 Å². The van der Waals surface area contributed by atoms with Gasteiger partial charge in [-0.15, -0.1) is 10.2 Å². The number of nitrogens with zero attached hydrogens (tertiary/aromatic N) is 2.